The fourth-order valence-electron chi connectivity index (χ4n) is 3.34. The number of aromatic carboxylic acids is 1. The van der Waals surface area contributed by atoms with Gasteiger partial charge in [-0.3, -0.25) is 4.79 Å². The molecular weight excluding hydrogens is 340 g/mol. The molecule has 0 spiro atoms. The Labute approximate surface area is 160 Å². The van der Waals surface area contributed by atoms with Crippen molar-refractivity contribution < 1.29 is 14.7 Å². The molecule has 2 aromatic carbocycles. The second-order valence-corrected chi connectivity index (χ2v) is 7.31. The minimum Gasteiger partial charge on any atom is -0.478 e. The minimum atomic E-state index is -1.00. The van der Waals surface area contributed by atoms with E-state index in [1.807, 2.05) is 18.2 Å². The number of nitrogens with zero attached hydrogens (tertiary/aromatic N) is 1. The van der Waals surface area contributed by atoms with Gasteiger partial charge in [0, 0.05) is 17.8 Å². The first-order valence-electron chi connectivity index (χ1n) is 9.47. The van der Waals surface area contributed by atoms with Gasteiger partial charge in [-0.05, 0) is 80.2 Å². The monoisotopic (exact) mass is 366 g/mol. The summed E-state index contributed by atoms with van der Waals surface area (Å²) in [5.41, 5.74) is 2.56. The Balaban J connectivity index is 1.56. The highest BCUT2D eigenvalue weighted by atomic mass is 16.4. The lowest BCUT2D eigenvalue weighted by atomic mass is 9.99. The van der Waals surface area contributed by atoms with Crippen molar-refractivity contribution in [2.45, 2.75) is 26.2 Å². The van der Waals surface area contributed by atoms with Crippen LogP contribution in [0.2, 0.25) is 0 Å². The van der Waals surface area contributed by atoms with Gasteiger partial charge in [0.25, 0.3) is 5.91 Å². The van der Waals surface area contributed by atoms with Crippen LogP contribution < -0.4 is 5.32 Å². The quantitative estimate of drug-likeness (QED) is 0.813. The third kappa shape index (κ3) is 5.41. The van der Waals surface area contributed by atoms with E-state index in [1.54, 1.807) is 0 Å². The molecule has 1 amide bonds. The van der Waals surface area contributed by atoms with Crippen LogP contribution in [-0.2, 0) is 6.42 Å². The van der Waals surface area contributed by atoms with Crippen LogP contribution in [0.5, 0.6) is 0 Å². The zero-order valence-electron chi connectivity index (χ0n) is 15.6. The third-order valence-corrected chi connectivity index (χ3v) is 5.17. The number of carbonyl (C=O) groups excluding carboxylic acids is 1. The maximum atomic E-state index is 12.4. The van der Waals surface area contributed by atoms with Crippen LogP contribution in [0.15, 0.2) is 48.5 Å². The molecule has 2 aromatic rings. The van der Waals surface area contributed by atoms with Gasteiger partial charge in [0.15, 0.2) is 0 Å². The number of hydrogen-bond acceptors (Lipinski definition) is 3. The lowest BCUT2D eigenvalue weighted by Crippen LogP contribution is -2.34. The molecule has 0 radical (unpaired) electrons. The Kier molecular flexibility index (Phi) is 6.24. The number of nitrogens with one attached hydrogen (secondary N) is 1. The molecule has 5 nitrogen and oxygen atoms in total. The molecule has 5 heteroatoms. The van der Waals surface area contributed by atoms with E-state index < -0.39 is 5.97 Å². The summed E-state index contributed by atoms with van der Waals surface area (Å²) >= 11 is 0. The molecule has 1 aliphatic rings. The van der Waals surface area contributed by atoms with Crippen LogP contribution in [0, 0.1) is 5.92 Å². The Hall–Kier alpha value is -2.66. The molecule has 0 atom stereocenters. The van der Waals surface area contributed by atoms with Crippen molar-refractivity contribution in [1.82, 2.24) is 4.90 Å². The van der Waals surface area contributed by atoms with E-state index in [1.165, 1.54) is 55.8 Å². The van der Waals surface area contributed by atoms with E-state index in [9.17, 15) is 9.59 Å². The van der Waals surface area contributed by atoms with Gasteiger partial charge in [-0.2, -0.15) is 0 Å². The highest BCUT2D eigenvalue weighted by molar-refractivity contribution is 6.04. The van der Waals surface area contributed by atoms with Crippen LogP contribution in [0.25, 0.3) is 0 Å². The number of carboxylic acid groups (broad SMARTS) is 1. The number of piperidine rings is 1. The number of rotatable bonds is 6. The molecule has 1 fully saturated rings. The maximum Gasteiger partial charge on any atom is 0.335 e. The highest BCUT2D eigenvalue weighted by Gasteiger charge is 2.15. The van der Waals surface area contributed by atoms with E-state index in [-0.39, 0.29) is 11.5 Å². The summed E-state index contributed by atoms with van der Waals surface area (Å²) in [6.45, 7) is 5.70. The van der Waals surface area contributed by atoms with Gasteiger partial charge in [-0.1, -0.05) is 19.1 Å². The Morgan fingerprint density at radius 2 is 1.74 bits per heavy atom. The van der Waals surface area contributed by atoms with Crippen molar-refractivity contribution >= 4 is 17.6 Å². The summed E-state index contributed by atoms with van der Waals surface area (Å²) in [4.78, 5) is 25.8. The summed E-state index contributed by atoms with van der Waals surface area (Å²) in [6, 6.07) is 13.9. The van der Waals surface area contributed by atoms with Gasteiger partial charge in [-0.25, -0.2) is 4.79 Å². The normalized spacial score (nSPS) is 15.4. The van der Waals surface area contributed by atoms with Crippen molar-refractivity contribution in [2.75, 3.05) is 25.0 Å². The zero-order valence-corrected chi connectivity index (χ0v) is 15.6. The zero-order chi connectivity index (χ0) is 19.2. The van der Waals surface area contributed by atoms with Crippen molar-refractivity contribution in [3.8, 4) is 0 Å². The number of hydrogen-bond donors (Lipinski definition) is 2. The van der Waals surface area contributed by atoms with Gasteiger partial charge in [0.05, 0.1) is 5.56 Å². The van der Waals surface area contributed by atoms with E-state index in [0.717, 1.165) is 24.6 Å². The number of carbonyl (C=O) groups is 2. The average Bonchev–Trinajstić information content (AvgIpc) is 2.68. The standard InChI is InChI=1S/C22H26N2O3/c1-16-9-12-24(13-10-16)14-11-17-3-2-4-20(15-17)23-21(25)18-5-7-19(8-6-18)22(26)27/h2-8,15-16H,9-14H2,1H3,(H,23,25)(H,26,27). The summed E-state index contributed by atoms with van der Waals surface area (Å²) in [6.07, 6.45) is 3.51. The van der Waals surface area contributed by atoms with Crippen LogP contribution in [0.1, 0.15) is 46.0 Å². The Morgan fingerprint density at radius 1 is 1.07 bits per heavy atom. The summed E-state index contributed by atoms with van der Waals surface area (Å²) in [7, 11) is 0. The molecular formula is C22H26N2O3. The first-order chi connectivity index (χ1) is 13.0. The van der Waals surface area contributed by atoms with Crippen molar-refractivity contribution in [3.63, 3.8) is 0 Å². The molecule has 1 aliphatic heterocycles. The van der Waals surface area contributed by atoms with Gasteiger partial charge >= 0.3 is 5.97 Å². The number of likely N-dealkylation sites (tertiary alicyclic amines) is 1. The molecule has 2 N–H and O–H groups in total. The molecule has 0 aromatic heterocycles. The second-order valence-electron chi connectivity index (χ2n) is 7.31. The molecule has 0 aliphatic carbocycles. The first kappa shape index (κ1) is 19.1. The van der Waals surface area contributed by atoms with Gasteiger partial charge in [0.1, 0.15) is 0 Å². The maximum absolute atomic E-state index is 12.4. The Bertz CT molecular complexity index is 793. The van der Waals surface area contributed by atoms with Crippen molar-refractivity contribution in [3.05, 3.63) is 65.2 Å². The van der Waals surface area contributed by atoms with Gasteiger partial charge in [-0.15, -0.1) is 0 Å². The minimum absolute atomic E-state index is 0.167. The lowest BCUT2D eigenvalue weighted by Gasteiger charge is -2.30. The molecule has 1 heterocycles. The van der Waals surface area contributed by atoms with Crippen molar-refractivity contribution in [2.24, 2.45) is 5.92 Å². The first-order valence-corrected chi connectivity index (χ1v) is 9.47. The fraction of sp³-hybridized carbons (Fsp3) is 0.364. The molecule has 0 saturated carbocycles. The topological polar surface area (TPSA) is 69.6 Å². The fourth-order valence-corrected chi connectivity index (χ4v) is 3.34. The lowest BCUT2D eigenvalue weighted by molar-refractivity contribution is 0.0696. The molecule has 0 unspecified atom stereocenters. The highest BCUT2D eigenvalue weighted by Crippen LogP contribution is 2.18. The van der Waals surface area contributed by atoms with Gasteiger partial charge < -0.3 is 15.3 Å². The predicted molar refractivity (Wildman–Crippen MR) is 106 cm³/mol. The molecule has 0 bridgehead atoms. The molecule has 1 saturated heterocycles. The van der Waals surface area contributed by atoms with E-state index in [2.05, 4.69) is 23.2 Å². The molecule has 3 rings (SSSR count). The SMILES string of the molecule is CC1CCN(CCc2cccc(NC(=O)c3ccc(C(=O)O)cc3)c2)CC1. The van der Waals surface area contributed by atoms with Crippen LogP contribution in [0.3, 0.4) is 0 Å². The predicted octanol–water partition coefficient (Wildman–Crippen LogP) is 3.91. The van der Waals surface area contributed by atoms with Gasteiger partial charge in [0.2, 0.25) is 0 Å². The largest absolute Gasteiger partial charge is 0.478 e. The third-order valence-electron chi connectivity index (χ3n) is 5.17. The van der Waals surface area contributed by atoms with E-state index >= 15 is 0 Å². The summed E-state index contributed by atoms with van der Waals surface area (Å²) in [5, 5.41) is 11.8. The van der Waals surface area contributed by atoms with E-state index in [4.69, 9.17) is 5.11 Å². The molecule has 142 valence electrons. The van der Waals surface area contributed by atoms with Crippen LogP contribution in [-0.4, -0.2) is 41.5 Å². The smallest absolute Gasteiger partial charge is 0.335 e. The second kappa shape index (κ2) is 8.82. The average molecular weight is 366 g/mol. The summed E-state index contributed by atoms with van der Waals surface area (Å²) in [5.74, 6) is -0.406. The number of benzene rings is 2. The summed E-state index contributed by atoms with van der Waals surface area (Å²) < 4.78 is 0. The number of amides is 1. The van der Waals surface area contributed by atoms with Crippen LogP contribution in [0.4, 0.5) is 5.69 Å². The van der Waals surface area contributed by atoms with Crippen molar-refractivity contribution in [1.29, 1.82) is 0 Å². The molecule has 27 heavy (non-hydrogen) atoms. The van der Waals surface area contributed by atoms with Crippen LogP contribution >= 0.6 is 0 Å². The number of anilines is 1. The Morgan fingerprint density at radius 3 is 2.41 bits per heavy atom. The van der Waals surface area contributed by atoms with E-state index in [0.29, 0.717) is 5.56 Å². The number of carboxylic acids is 1.